The maximum atomic E-state index is 12.3. The molecule has 0 atom stereocenters. The molecular formula is C18H22N4O6. The molecule has 28 heavy (non-hydrogen) atoms. The van der Waals surface area contributed by atoms with E-state index in [9.17, 15) is 24.0 Å². The quantitative estimate of drug-likeness (QED) is 0.528. The van der Waals surface area contributed by atoms with Crippen LogP contribution in [0.15, 0.2) is 24.3 Å². The minimum Gasteiger partial charge on any atom is -0.497 e. The Hall–Kier alpha value is -3.43. The molecule has 0 radical (unpaired) electrons. The number of carbonyl (C=O) groups is 5. The second-order valence-corrected chi connectivity index (χ2v) is 6.47. The molecule has 1 saturated heterocycles. The molecule has 1 aliphatic rings. The van der Waals surface area contributed by atoms with Crippen LogP contribution in [0.1, 0.15) is 13.8 Å². The van der Waals surface area contributed by atoms with Crippen LogP contribution in [0.25, 0.3) is 0 Å². The highest BCUT2D eigenvalue weighted by Gasteiger charge is 2.46. The van der Waals surface area contributed by atoms with Crippen LogP contribution in [0.5, 0.6) is 5.75 Å². The fourth-order valence-corrected chi connectivity index (χ4v) is 2.58. The summed E-state index contributed by atoms with van der Waals surface area (Å²) in [6, 6.07) is 5.36. The molecule has 10 heteroatoms. The van der Waals surface area contributed by atoms with E-state index in [2.05, 4.69) is 5.32 Å². The van der Waals surface area contributed by atoms with E-state index in [0.29, 0.717) is 16.3 Å². The Bertz CT molecular complexity index is 822. The van der Waals surface area contributed by atoms with E-state index in [0.717, 1.165) is 9.80 Å². The fourth-order valence-electron chi connectivity index (χ4n) is 2.58. The van der Waals surface area contributed by atoms with Crippen molar-refractivity contribution < 1.29 is 28.7 Å². The first-order valence-corrected chi connectivity index (χ1v) is 8.52. The van der Waals surface area contributed by atoms with Gasteiger partial charge in [-0.1, -0.05) is 6.07 Å². The Labute approximate surface area is 162 Å². The first kappa shape index (κ1) is 20.9. The minimum atomic E-state index is -1.05. The van der Waals surface area contributed by atoms with Gasteiger partial charge in [-0.2, -0.15) is 0 Å². The molecule has 6 amide bonds. The summed E-state index contributed by atoms with van der Waals surface area (Å²) in [6.45, 7) is 2.26. The Morgan fingerprint density at radius 1 is 1.18 bits per heavy atom. The number of ether oxygens (including phenoxy) is 1. The number of benzene rings is 1. The summed E-state index contributed by atoms with van der Waals surface area (Å²) < 4.78 is 5.07. The van der Waals surface area contributed by atoms with Gasteiger partial charge < -0.3 is 15.0 Å². The SMILES string of the molecule is COc1cccc(NC(=O)CN(C)C(=O)CN2C(=O)C(=O)N(C(C)C)C2=O)c1. The molecule has 10 nitrogen and oxygen atoms in total. The molecule has 0 aromatic heterocycles. The molecule has 1 aliphatic heterocycles. The van der Waals surface area contributed by atoms with Crippen LogP contribution in [0, 0.1) is 0 Å². The molecular weight excluding hydrogens is 368 g/mol. The largest absolute Gasteiger partial charge is 0.497 e. The highest BCUT2D eigenvalue weighted by atomic mass is 16.5. The fraction of sp³-hybridized carbons (Fsp3) is 0.389. The third-order valence-electron chi connectivity index (χ3n) is 4.05. The molecule has 0 bridgehead atoms. The van der Waals surface area contributed by atoms with Crippen LogP contribution in [0.2, 0.25) is 0 Å². The topological polar surface area (TPSA) is 116 Å². The predicted octanol–water partition coefficient (Wildman–Crippen LogP) is 0.291. The second-order valence-electron chi connectivity index (χ2n) is 6.47. The van der Waals surface area contributed by atoms with Gasteiger partial charge in [0.2, 0.25) is 11.8 Å². The van der Waals surface area contributed by atoms with Gasteiger partial charge >= 0.3 is 17.8 Å². The number of nitrogens with zero attached hydrogens (tertiary/aromatic N) is 3. The third kappa shape index (κ3) is 4.45. The summed E-state index contributed by atoms with van der Waals surface area (Å²) in [4.78, 5) is 62.9. The zero-order chi connectivity index (χ0) is 21.0. The Morgan fingerprint density at radius 3 is 2.43 bits per heavy atom. The van der Waals surface area contributed by atoms with Gasteiger partial charge in [-0.15, -0.1) is 0 Å². The molecule has 1 aromatic rings. The van der Waals surface area contributed by atoms with Crippen molar-refractivity contribution in [3.05, 3.63) is 24.3 Å². The molecule has 0 spiro atoms. The molecule has 1 fully saturated rings. The maximum absolute atomic E-state index is 12.3. The van der Waals surface area contributed by atoms with Crippen molar-refractivity contribution in [1.29, 1.82) is 0 Å². The van der Waals surface area contributed by atoms with Gasteiger partial charge in [0.1, 0.15) is 12.3 Å². The summed E-state index contributed by atoms with van der Waals surface area (Å²) in [5, 5.41) is 2.62. The third-order valence-corrected chi connectivity index (χ3v) is 4.05. The lowest BCUT2D eigenvalue weighted by molar-refractivity contribution is -0.145. The van der Waals surface area contributed by atoms with Gasteiger partial charge in [0.25, 0.3) is 0 Å². The monoisotopic (exact) mass is 390 g/mol. The van der Waals surface area contributed by atoms with Crippen LogP contribution >= 0.6 is 0 Å². The first-order chi connectivity index (χ1) is 13.1. The molecule has 1 N–H and O–H groups in total. The van der Waals surface area contributed by atoms with Crippen molar-refractivity contribution in [2.75, 3.05) is 32.6 Å². The summed E-state index contributed by atoms with van der Waals surface area (Å²) in [5.41, 5.74) is 0.494. The minimum absolute atomic E-state index is 0.298. The smallest absolute Gasteiger partial charge is 0.334 e. The molecule has 1 heterocycles. The number of imide groups is 2. The van der Waals surface area contributed by atoms with E-state index in [1.54, 1.807) is 38.1 Å². The zero-order valence-electron chi connectivity index (χ0n) is 16.1. The van der Waals surface area contributed by atoms with Crippen molar-refractivity contribution in [2.24, 2.45) is 0 Å². The highest BCUT2D eigenvalue weighted by molar-refractivity contribution is 6.45. The number of methoxy groups -OCH3 is 1. The lowest BCUT2D eigenvalue weighted by Crippen LogP contribution is -2.44. The molecule has 0 saturated carbocycles. The van der Waals surface area contributed by atoms with Crippen LogP contribution in [0.3, 0.4) is 0 Å². The number of anilines is 1. The second kappa shape index (κ2) is 8.51. The lowest BCUT2D eigenvalue weighted by Gasteiger charge is -2.21. The Morgan fingerprint density at radius 2 is 1.86 bits per heavy atom. The summed E-state index contributed by atoms with van der Waals surface area (Å²) in [5.74, 6) is -2.58. The maximum Gasteiger partial charge on any atom is 0.334 e. The number of amides is 6. The average Bonchev–Trinajstić information content (AvgIpc) is 2.84. The van der Waals surface area contributed by atoms with Gasteiger partial charge in [0.15, 0.2) is 0 Å². The number of hydrogen-bond donors (Lipinski definition) is 1. The molecule has 2 rings (SSSR count). The Balaban J connectivity index is 1.95. The van der Waals surface area contributed by atoms with E-state index < -0.39 is 42.2 Å². The van der Waals surface area contributed by atoms with Crippen LogP contribution < -0.4 is 10.1 Å². The van der Waals surface area contributed by atoms with E-state index in [1.807, 2.05) is 0 Å². The number of nitrogens with one attached hydrogen (secondary N) is 1. The highest BCUT2D eigenvalue weighted by Crippen LogP contribution is 2.17. The standard InChI is InChI=1S/C18H22N4O6/c1-11(2)22-17(26)16(25)21(18(22)27)10-15(24)20(3)9-14(23)19-12-6-5-7-13(8-12)28-4/h5-8,11H,9-10H2,1-4H3,(H,19,23). The average molecular weight is 390 g/mol. The van der Waals surface area contributed by atoms with Crippen LogP contribution in [0.4, 0.5) is 10.5 Å². The van der Waals surface area contributed by atoms with Gasteiger partial charge in [-0.3, -0.25) is 24.1 Å². The lowest BCUT2D eigenvalue weighted by atomic mass is 10.3. The van der Waals surface area contributed by atoms with Gasteiger partial charge in [-0.25, -0.2) is 9.69 Å². The van der Waals surface area contributed by atoms with Crippen molar-refractivity contribution in [3.8, 4) is 5.75 Å². The van der Waals surface area contributed by atoms with Crippen LogP contribution in [-0.4, -0.2) is 77.6 Å². The number of carbonyl (C=O) groups excluding carboxylic acids is 5. The van der Waals surface area contributed by atoms with Gasteiger partial charge in [-0.05, 0) is 26.0 Å². The summed E-state index contributed by atoms with van der Waals surface area (Å²) in [6.07, 6.45) is 0. The van der Waals surface area contributed by atoms with Crippen LogP contribution in [-0.2, 0) is 19.2 Å². The first-order valence-electron chi connectivity index (χ1n) is 8.52. The molecule has 150 valence electrons. The molecule has 0 unspecified atom stereocenters. The number of urea groups is 1. The van der Waals surface area contributed by atoms with E-state index in [4.69, 9.17) is 4.74 Å². The normalized spacial score (nSPS) is 14.0. The van der Waals surface area contributed by atoms with E-state index in [-0.39, 0.29) is 6.54 Å². The predicted molar refractivity (Wildman–Crippen MR) is 98.4 cm³/mol. The number of rotatable bonds is 7. The molecule has 0 aliphatic carbocycles. The van der Waals surface area contributed by atoms with Gasteiger partial charge in [0, 0.05) is 24.8 Å². The Kier molecular flexibility index (Phi) is 6.34. The number of hydrogen-bond acceptors (Lipinski definition) is 6. The van der Waals surface area contributed by atoms with Crippen molar-refractivity contribution in [2.45, 2.75) is 19.9 Å². The van der Waals surface area contributed by atoms with E-state index >= 15 is 0 Å². The van der Waals surface area contributed by atoms with Gasteiger partial charge in [0.05, 0.1) is 13.7 Å². The molecule has 1 aromatic carbocycles. The van der Waals surface area contributed by atoms with E-state index in [1.165, 1.54) is 14.2 Å². The number of likely N-dealkylation sites (N-methyl/N-ethyl adjacent to an activating group) is 1. The van der Waals surface area contributed by atoms with Crippen molar-refractivity contribution in [3.63, 3.8) is 0 Å². The summed E-state index contributed by atoms with van der Waals surface area (Å²) >= 11 is 0. The van der Waals surface area contributed by atoms with Crippen molar-refractivity contribution >= 4 is 35.3 Å². The summed E-state index contributed by atoms with van der Waals surface area (Å²) in [7, 11) is 2.86. The zero-order valence-corrected chi connectivity index (χ0v) is 16.1. The van der Waals surface area contributed by atoms with Crippen molar-refractivity contribution in [1.82, 2.24) is 14.7 Å².